The lowest BCUT2D eigenvalue weighted by atomic mass is 10.2. The lowest BCUT2D eigenvalue weighted by molar-refractivity contribution is 0.736. The number of nitrogens with one attached hydrogen (secondary N) is 1. The van der Waals surface area contributed by atoms with Crippen LogP contribution in [-0.4, -0.2) is 19.5 Å². The molecule has 2 aromatic heterocycles. The normalized spacial score (nSPS) is 10.2. The molecule has 3 aromatic rings. The van der Waals surface area contributed by atoms with Gasteiger partial charge in [-0.2, -0.15) is 10.5 Å². The van der Waals surface area contributed by atoms with Gasteiger partial charge in [0.1, 0.15) is 18.0 Å². The molecule has 0 atom stereocenters. The van der Waals surface area contributed by atoms with E-state index in [0.29, 0.717) is 16.7 Å². The zero-order valence-electron chi connectivity index (χ0n) is 10.7. The fraction of sp³-hybridized carbons (Fsp3) is 0.0714. The van der Waals surface area contributed by atoms with Gasteiger partial charge in [-0.05, 0) is 12.1 Å². The third kappa shape index (κ3) is 2.13. The van der Waals surface area contributed by atoms with Crippen molar-refractivity contribution in [1.82, 2.24) is 19.5 Å². The van der Waals surface area contributed by atoms with E-state index >= 15 is 0 Å². The van der Waals surface area contributed by atoms with E-state index in [9.17, 15) is 4.79 Å². The summed E-state index contributed by atoms with van der Waals surface area (Å²) in [5, 5.41) is 18.4. The summed E-state index contributed by atoms with van der Waals surface area (Å²) in [6.07, 6.45) is 1.38. The average Bonchev–Trinajstić information content (AvgIpc) is 2.89. The van der Waals surface area contributed by atoms with Crippen molar-refractivity contribution >= 4 is 10.9 Å². The van der Waals surface area contributed by atoms with Gasteiger partial charge in [0.15, 0.2) is 11.4 Å². The molecule has 0 amide bonds. The first-order chi connectivity index (χ1) is 10.2. The van der Waals surface area contributed by atoms with Crippen LogP contribution in [0, 0.1) is 22.7 Å². The minimum atomic E-state index is -0.241. The van der Waals surface area contributed by atoms with Crippen molar-refractivity contribution < 1.29 is 0 Å². The van der Waals surface area contributed by atoms with E-state index in [0.717, 1.165) is 0 Å². The molecule has 0 aliphatic rings. The van der Waals surface area contributed by atoms with Crippen molar-refractivity contribution in [3.05, 3.63) is 58.2 Å². The Balaban J connectivity index is 2.07. The van der Waals surface area contributed by atoms with E-state index in [4.69, 9.17) is 10.5 Å². The summed E-state index contributed by atoms with van der Waals surface area (Å²) in [6, 6.07) is 10.8. The topological polar surface area (TPSA) is 111 Å². The van der Waals surface area contributed by atoms with Crippen molar-refractivity contribution in [3.8, 4) is 12.1 Å². The van der Waals surface area contributed by atoms with Crippen LogP contribution in [0.15, 0.2) is 35.4 Å². The molecule has 21 heavy (non-hydrogen) atoms. The Morgan fingerprint density at radius 3 is 2.81 bits per heavy atom. The molecular formula is C14H8N6O. The van der Waals surface area contributed by atoms with Crippen LogP contribution in [0.2, 0.25) is 0 Å². The summed E-state index contributed by atoms with van der Waals surface area (Å²) in [6.45, 7) is 0.164. The van der Waals surface area contributed by atoms with Crippen LogP contribution in [0.25, 0.3) is 10.9 Å². The summed E-state index contributed by atoms with van der Waals surface area (Å²) in [7, 11) is 0. The number of fused-ring (bicyclic) bond motifs is 1. The third-order valence-electron chi connectivity index (χ3n) is 3.03. The van der Waals surface area contributed by atoms with E-state index in [-0.39, 0.29) is 23.5 Å². The molecule has 1 N–H and O–H groups in total. The second-order valence-corrected chi connectivity index (χ2v) is 4.32. The van der Waals surface area contributed by atoms with Crippen LogP contribution < -0.4 is 5.56 Å². The number of imidazole rings is 1. The summed E-state index contributed by atoms with van der Waals surface area (Å²) in [4.78, 5) is 22.8. The summed E-state index contributed by atoms with van der Waals surface area (Å²) < 4.78 is 1.48. The van der Waals surface area contributed by atoms with Gasteiger partial charge in [-0.1, -0.05) is 12.1 Å². The van der Waals surface area contributed by atoms with Crippen LogP contribution in [0.1, 0.15) is 17.2 Å². The third-order valence-corrected chi connectivity index (χ3v) is 3.03. The molecule has 0 unspecified atom stereocenters. The lowest BCUT2D eigenvalue weighted by Crippen LogP contribution is -2.14. The van der Waals surface area contributed by atoms with Crippen LogP contribution in [0.3, 0.4) is 0 Å². The van der Waals surface area contributed by atoms with Crippen LogP contribution in [-0.2, 0) is 6.54 Å². The molecule has 0 aliphatic carbocycles. The van der Waals surface area contributed by atoms with E-state index < -0.39 is 0 Å². The smallest absolute Gasteiger partial charge is 0.258 e. The van der Waals surface area contributed by atoms with Crippen LogP contribution >= 0.6 is 0 Å². The highest BCUT2D eigenvalue weighted by Gasteiger charge is 2.11. The molecule has 2 heterocycles. The first-order valence-corrected chi connectivity index (χ1v) is 6.06. The van der Waals surface area contributed by atoms with Crippen LogP contribution in [0.4, 0.5) is 0 Å². The molecule has 0 radical (unpaired) electrons. The molecule has 100 valence electrons. The Morgan fingerprint density at radius 1 is 1.24 bits per heavy atom. The molecule has 0 spiro atoms. The SMILES string of the molecule is N#Cc1ncn(Cc2nc3ccccc3c(=O)[nH]2)c1C#N. The maximum absolute atomic E-state index is 12.0. The maximum atomic E-state index is 12.0. The number of aromatic amines is 1. The summed E-state index contributed by atoms with van der Waals surface area (Å²) >= 11 is 0. The molecule has 0 saturated carbocycles. The lowest BCUT2D eigenvalue weighted by Gasteiger charge is -2.04. The molecule has 0 aliphatic heterocycles. The van der Waals surface area contributed by atoms with Gasteiger partial charge in [-0.25, -0.2) is 9.97 Å². The quantitative estimate of drug-likeness (QED) is 0.747. The van der Waals surface area contributed by atoms with Gasteiger partial charge in [0.05, 0.1) is 23.8 Å². The van der Waals surface area contributed by atoms with Gasteiger partial charge in [0.25, 0.3) is 5.56 Å². The summed E-state index contributed by atoms with van der Waals surface area (Å²) in [5.41, 5.74) is 0.541. The first-order valence-electron chi connectivity index (χ1n) is 6.06. The predicted molar refractivity (Wildman–Crippen MR) is 73.1 cm³/mol. The Morgan fingerprint density at radius 2 is 2.05 bits per heavy atom. The molecule has 0 fully saturated rings. The Bertz CT molecular complexity index is 970. The average molecular weight is 276 g/mol. The zero-order valence-corrected chi connectivity index (χ0v) is 10.7. The number of H-pyrrole nitrogens is 1. The second kappa shape index (κ2) is 4.91. The van der Waals surface area contributed by atoms with Gasteiger partial charge in [0.2, 0.25) is 0 Å². The number of nitriles is 2. The van der Waals surface area contributed by atoms with E-state index in [1.165, 1.54) is 10.9 Å². The molecular weight excluding hydrogens is 268 g/mol. The highest BCUT2D eigenvalue weighted by molar-refractivity contribution is 5.77. The Kier molecular flexibility index (Phi) is 2.94. The number of para-hydroxylation sites is 1. The van der Waals surface area contributed by atoms with Gasteiger partial charge >= 0.3 is 0 Å². The number of hydrogen-bond donors (Lipinski definition) is 1. The molecule has 7 nitrogen and oxygen atoms in total. The highest BCUT2D eigenvalue weighted by atomic mass is 16.1. The first kappa shape index (κ1) is 12.6. The summed E-state index contributed by atoms with van der Waals surface area (Å²) in [5.74, 6) is 0.400. The van der Waals surface area contributed by atoms with Gasteiger partial charge in [-0.3, -0.25) is 4.79 Å². The highest BCUT2D eigenvalue weighted by Crippen LogP contribution is 2.09. The van der Waals surface area contributed by atoms with E-state index in [2.05, 4.69) is 15.0 Å². The molecule has 3 rings (SSSR count). The minimum absolute atomic E-state index is 0.0561. The standard InChI is InChI=1S/C14H8N6O/c15-5-11-12(6-16)20(8-17-11)7-13-18-10-4-2-1-3-9(10)14(21)19-13/h1-4,8H,7H2,(H,18,19,21). The molecule has 0 saturated heterocycles. The number of rotatable bonds is 2. The maximum Gasteiger partial charge on any atom is 0.258 e. The fourth-order valence-corrected chi connectivity index (χ4v) is 2.07. The van der Waals surface area contributed by atoms with Crippen LogP contribution in [0.5, 0.6) is 0 Å². The number of aromatic nitrogens is 4. The Hall–Kier alpha value is -3.45. The van der Waals surface area contributed by atoms with E-state index in [1.54, 1.807) is 24.3 Å². The Labute approximate surface area is 118 Å². The minimum Gasteiger partial charge on any atom is -0.314 e. The van der Waals surface area contributed by atoms with Gasteiger partial charge < -0.3 is 9.55 Å². The number of nitrogens with zero attached hydrogens (tertiary/aromatic N) is 5. The van der Waals surface area contributed by atoms with Gasteiger partial charge in [0, 0.05) is 0 Å². The predicted octanol–water partition coefficient (Wildman–Crippen LogP) is 0.911. The van der Waals surface area contributed by atoms with Crippen molar-refractivity contribution in [2.24, 2.45) is 0 Å². The van der Waals surface area contributed by atoms with Crippen molar-refractivity contribution in [3.63, 3.8) is 0 Å². The van der Waals surface area contributed by atoms with Crippen molar-refractivity contribution in [2.75, 3.05) is 0 Å². The van der Waals surface area contributed by atoms with Gasteiger partial charge in [-0.15, -0.1) is 0 Å². The largest absolute Gasteiger partial charge is 0.314 e. The zero-order chi connectivity index (χ0) is 14.8. The van der Waals surface area contributed by atoms with E-state index in [1.807, 2.05) is 12.1 Å². The molecule has 0 bridgehead atoms. The van der Waals surface area contributed by atoms with Crippen molar-refractivity contribution in [2.45, 2.75) is 6.54 Å². The molecule has 7 heteroatoms. The monoisotopic (exact) mass is 276 g/mol. The number of benzene rings is 1. The van der Waals surface area contributed by atoms with Crippen molar-refractivity contribution in [1.29, 1.82) is 10.5 Å². The number of hydrogen-bond acceptors (Lipinski definition) is 5. The molecule has 1 aromatic carbocycles. The fourth-order valence-electron chi connectivity index (χ4n) is 2.07. The second-order valence-electron chi connectivity index (χ2n) is 4.32.